The molecule has 1 unspecified atom stereocenters. The first-order valence-corrected chi connectivity index (χ1v) is 8.75. The first-order chi connectivity index (χ1) is 12.9. The van der Waals surface area contributed by atoms with E-state index >= 15 is 0 Å². The van der Waals surface area contributed by atoms with Crippen molar-refractivity contribution in [3.05, 3.63) is 83.4 Å². The predicted molar refractivity (Wildman–Crippen MR) is 103 cm³/mol. The molecule has 27 heavy (non-hydrogen) atoms. The number of benzene rings is 2. The minimum atomic E-state index is -0.475. The highest BCUT2D eigenvalue weighted by Gasteiger charge is 2.14. The normalized spacial score (nSPS) is 12.2. The lowest BCUT2D eigenvalue weighted by atomic mass is 9.99. The van der Waals surface area contributed by atoms with Crippen LogP contribution in [0.4, 0.5) is 8.78 Å². The zero-order valence-corrected chi connectivity index (χ0v) is 15.7. The minimum Gasteiger partial charge on any atom is -0.466 e. The lowest BCUT2D eigenvalue weighted by Gasteiger charge is -2.15. The number of esters is 1. The van der Waals surface area contributed by atoms with Crippen LogP contribution in [0.1, 0.15) is 31.4 Å². The third-order valence-electron chi connectivity index (χ3n) is 3.86. The van der Waals surface area contributed by atoms with Gasteiger partial charge in [-0.05, 0) is 36.6 Å². The van der Waals surface area contributed by atoms with Crippen molar-refractivity contribution in [1.82, 2.24) is 0 Å². The summed E-state index contributed by atoms with van der Waals surface area (Å²) in [7, 11) is 1.30. The summed E-state index contributed by atoms with van der Waals surface area (Å²) in [6.45, 7) is 4.08. The highest BCUT2D eigenvalue weighted by molar-refractivity contribution is 6.13. The van der Waals surface area contributed by atoms with Gasteiger partial charge in [0.05, 0.1) is 18.9 Å². The van der Waals surface area contributed by atoms with Crippen LogP contribution in [-0.2, 0) is 9.53 Å². The number of rotatable bonds is 7. The summed E-state index contributed by atoms with van der Waals surface area (Å²) >= 11 is 0. The van der Waals surface area contributed by atoms with Gasteiger partial charge in [0.25, 0.3) is 0 Å². The van der Waals surface area contributed by atoms with Gasteiger partial charge >= 0.3 is 5.97 Å². The molecule has 0 aliphatic carbocycles. The number of halogens is 2. The molecule has 142 valence electrons. The van der Waals surface area contributed by atoms with Crippen molar-refractivity contribution < 1.29 is 18.3 Å². The summed E-state index contributed by atoms with van der Waals surface area (Å²) in [4.78, 5) is 16.2. The second-order valence-electron chi connectivity index (χ2n) is 6.58. The zero-order chi connectivity index (χ0) is 19.8. The topological polar surface area (TPSA) is 38.7 Å². The Morgan fingerprint density at radius 2 is 1.63 bits per heavy atom. The number of carbonyl (C=O) groups excluding carboxylic acids is 1. The first kappa shape index (κ1) is 20.5. The Hall–Kier alpha value is -2.82. The van der Waals surface area contributed by atoms with Gasteiger partial charge in [-0.15, -0.1) is 0 Å². The van der Waals surface area contributed by atoms with E-state index in [1.165, 1.54) is 37.5 Å². The van der Waals surface area contributed by atoms with Gasteiger partial charge in [-0.3, -0.25) is 4.99 Å². The van der Waals surface area contributed by atoms with E-state index in [1.54, 1.807) is 30.3 Å². The molecule has 2 aromatic carbocycles. The number of methoxy groups -OCH3 is 1. The van der Waals surface area contributed by atoms with Crippen LogP contribution in [-0.4, -0.2) is 24.8 Å². The van der Waals surface area contributed by atoms with Crippen LogP contribution in [0.3, 0.4) is 0 Å². The van der Waals surface area contributed by atoms with Crippen LogP contribution in [0.5, 0.6) is 0 Å². The maximum absolute atomic E-state index is 13.8. The third-order valence-corrected chi connectivity index (χ3v) is 3.86. The van der Waals surface area contributed by atoms with Crippen LogP contribution >= 0.6 is 0 Å². The number of carbonyl (C=O) groups is 1. The monoisotopic (exact) mass is 371 g/mol. The summed E-state index contributed by atoms with van der Waals surface area (Å²) in [5.41, 5.74) is 1.55. The molecule has 0 heterocycles. The summed E-state index contributed by atoms with van der Waals surface area (Å²) in [6, 6.07) is 11.7. The summed E-state index contributed by atoms with van der Waals surface area (Å²) in [5.74, 6) is -0.969. The van der Waals surface area contributed by atoms with Gasteiger partial charge in [0.2, 0.25) is 0 Å². The maximum Gasteiger partial charge on any atom is 0.330 e. The Morgan fingerprint density at radius 1 is 1.07 bits per heavy atom. The number of aliphatic imine (C=N–C) groups is 1. The predicted octanol–water partition coefficient (Wildman–Crippen LogP) is 4.95. The Labute approximate surface area is 158 Å². The van der Waals surface area contributed by atoms with Gasteiger partial charge in [0, 0.05) is 17.2 Å². The van der Waals surface area contributed by atoms with E-state index in [-0.39, 0.29) is 6.04 Å². The molecule has 5 heteroatoms. The van der Waals surface area contributed by atoms with Crippen LogP contribution in [0.25, 0.3) is 0 Å². The molecule has 1 atom stereocenters. The molecule has 2 rings (SSSR count). The van der Waals surface area contributed by atoms with Crippen molar-refractivity contribution in [2.45, 2.75) is 26.3 Å². The SMILES string of the molecule is COC(=O)/C=C/C(CC(C)C)N=C(c1cccc(F)c1)c1cccc(F)c1. The fourth-order valence-electron chi connectivity index (χ4n) is 2.67. The van der Waals surface area contributed by atoms with Gasteiger partial charge in [0.15, 0.2) is 0 Å². The smallest absolute Gasteiger partial charge is 0.330 e. The standard InChI is InChI=1S/C22H23F2NO2/c1-15(2)12-20(10-11-21(26)27-3)25-22(16-6-4-8-18(23)13-16)17-7-5-9-19(24)14-17/h4-11,13-15,20H,12H2,1-3H3/b11-10+. The van der Waals surface area contributed by atoms with E-state index < -0.39 is 17.6 Å². The fourth-order valence-corrected chi connectivity index (χ4v) is 2.67. The van der Waals surface area contributed by atoms with E-state index in [9.17, 15) is 13.6 Å². The number of hydrogen-bond acceptors (Lipinski definition) is 3. The Kier molecular flexibility index (Phi) is 7.41. The molecule has 0 spiro atoms. The first-order valence-electron chi connectivity index (χ1n) is 8.75. The highest BCUT2D eigenvalue weighted by Crippen LogP contribution is 2.18. The summed E-state index contributed by atoms with van der Waals surface area (Å²) in [5, 5.41) is 0. The molecule has 3 nitrogen and oxygen atoms in total. The van der Waals surface area contributed by atoms with Gasteiger partial charge in [0.1, 0.15) is 11.6 Å². The molecular formula is C22H23F2NO2. The molecular weight excluding hydrogens is 348 g/mol. The average molecular weight is 371 g/mol. The Bertz CT molecular complexity index is 796. The summed E-state index contributed by atoms with van der Waals surface area (Å²) < 4.78 is 32.2. The van der Waals surface area contributed by atoms with Crippen molar-refractivity contribution in [2.24, 2.45) is 10.9 Å². The average Bonchev–Trinajstić information content (AvgIpc) is 2.63. The molecule has 2 aromatic rings. The second kappa shape index (κ2) is 9.76. The van der Waals surface area contributed by atoms with Gasteiger partial charge < -0.3 is 4.74 Å². The van der Waals surface area contributed by atoms with Crippen molar-refractivity contribution in [1.29, 1.82) is 0 Å². The molecule has 0 aromatic heterocycles. The Morgan fingerprint density at radius 3 is 2.07 bits per heavy atom. The molecule has 0 N–H and O–H groups in total. The van der Waals surface area contributed by atoms with Crippen molar-refractivity contribution in [2.75, 3.05) is 7.11 Å². The minimum absolute atomic E-state index is 0.308. The van der Waals surface area contributed by atoms with Crippen molar-refractivity contribution in [3.8, 4) is 0 Å². The highest BCUT2D eigenvalue weighted by atomic mass is 19.1. The fraction of sp³-hybridized carbons (Fsp3) is 0.273. The summed E-state index contributed by atoms with van der Waals surface area (Å²) in [6.07, 6.45) is 3.65. The number of ether oxygens (including phenoxy) is 1. The van der Waals surface area contributed by atoms with Crippen LogP contribution in [0.2, 0.25) is 0 Å². The molecule has 0 saturated carbocycles. The lowest BCUT2D eigenvalue weighted by Crippen LogP contribution is -2.13. The maximum atomic E-state index is 13.8. The molecule has 0 saturated heterocycles. The van der Waals surface area contributed by atoms with E-state index in [4.69, 9.17) is 4.99 Å². The Balaban J connectivity index is 2.54. The van der Waals surface area contributed by atoms with E-state index in [0.29, 0.717) is 29.2 Å². The van der Waals surface area contributed by atoms with Crippen LogP contribution < -0.4 is 0 Å². The quantitative estimate of drug-likeness (QED) is 0.393. The molecule has 0 fully saturated rings. The van der Waals surface area contributed by atoms with Gasteiger partial charge in [-0.2, -0.15) is 0 Å². The third kappa shape index (κ3) is 6.44. The number of hydrogen-bond donors (Lipinski definition) is 0. The van der Waals surface area contributed by atoms with Gasteiger partial charge in [-0.25, -0.2) is 13.6 Å². The number of nitrogens with zero attached hydrogens (tertiary/aromatic N) is 1. The largest absolute Gasteiger partial charge is 0.466 e. The van der Waals surface area contributed by atoms with Crippen LogP contribution in [0.15, 0.2) is 65.7 Å². The second-order valence-corrected chi connectivity index (χ2v) is 6.58. The van der Waals surface area contributed by atoms with E-state index in [0.717, 1.165) is 0 Å². The van der Waals surface area contributed by atoms with E-state index in [2.05, 4.69) is 4.74 Å². The van der Waals surface area contributed by atoms with E-state index in [1.807, 2.05) is 13.8 Å². The van der Waals surface area contributed by atoms with Crippen LogP contribution in [0, 0.1) is 17.6 Å². The molecule has 0 bridgehead atoms. The lowest BCUT2D eigenvalue weighted by molar-refractivity contribution is -0.134. The molecule has 0 aliphatic heterocycles. The molecule has 0 aliphatic rings. The van der Waals surface area contributed by atoms with Crippen molar-refractivity contribution >= 4 is 11.7 Å². The zero-order valence-electron chi connectivity index (χ0n) is 15.7. The molecule has 0 radical (unpaired) electrons. The molecule has 0 amide bonds. The van der Waals surface area contributed by atoms with Crippen molar-refractivity contribution in [3.63, 3.8) is 0 Å². The van der Waals surface area contributed by atoms with Gasteiger partial charge in [-0.1, -0.05) is 44.2 Å².